The van der Waals surface area contributed by atoms with E-state index in [-0.39, 0.29) is 10.8 Å². The summed E-state index contributed by atoms with van der Waals surface area (Å²) in [5.74, 6) is 0.363. The summed E-state index contributed by atoms with van der Waals surface area (Å²) in [6, 6.07) is 12.2. The van der Waals surface area contributed by atoms with Gasteiger partial charge in [0, 0.05) is 16.2 Å². The lowest BCUT2D eigenvalue weighted by molar-refractivity contribution is 0.101. The summed E-state index contributed by atoms with van der Waals surface area (Å²) in [7, 11) is 0. The van der Waals surface area contributed by atoms with Crippen molar-refractivity contribution in [2.45, 2.75) is 17.6 Å². The minimum atomic E-state index is -0.402. The van der Waals surface area contributed by atoms with Gasteiger partial charge >= 0.3 is 0 Å². The highest BCUT2D eigenvalue weighted by Gasteiger charge is 2.03. The van der Waals surface area contributed by atoms with Gasteiger partial charge in [-0.05, 0) is 36.8 Å². The van der Waals surface area contributed by atoms with E-state index in [1.54, 1.807) is 30.8 Å². The van der Waals surface area contributed by atoms with Crippen molar-refractivity contribution in [2.75, 3.05) is 0 Å². The second kappa shape index (κ2) is 6.22. The van der Waals surface area contributed by atoms with Gasteiger partial charge in [0.05, 0.1) is 5.02 Å². The average molecular weight is 295 g/mol. The molecule has 98 valence electrons. The van der Waals surface area contributed by atoms with E-state index in [9.17, 15) is 9.18 Å². The molecule has 0 N–H and O–H groups in total. The Kier molecular flexibility index (Phi) is 4.61. The fraction of sp³-hybridized carbons (Fsp3) is 0.133. The van der Waals surface area contributed by atoms with Gasteiger partial charge in [-0.3, -0.25) is 4.79 Å². The number of Topliss-reactive ketones (excluding diaryl/α,β-unsaturated/α-hetero) is 1. The van der Waals surface area contributed by atoms with Gasteiger partial charge in [0.2, 0.25) is 0 Å². The lowest BCUT2D eigenvalue weighted by Crippen LogP contribution is -1.90. The molecule has 0 aromatic heterocycles. The number of rotatable bonds is 4. The van der Waals surface area contributed by atoms with Gasteiger partial charge in [-0.1, -0.05) is 29.8 Å². The highest BCUT2D eigenvalue weighted by atomic mass is 35.5. The van der Waals surface area contributed by atoms with Crippen molar-refractivity contribution < 1.29 is 9.18 Å². The van der Waals surface area contributed by atoms with Crippen molar-refractivity contribution >= 4 is 29.1 Å². The van der Waals surface area contributed by atoms with Gasteiger partial charge in [-0.2, -0.15) is 0 Å². The lowest BCUT2D eigenvalue weighted by atomic mass is 10.2. The fourth-order valence-corrected chi connectivity index (χ4v) is 2.63. The zero-order chi connectivity index (χ0) is 13.8. The molecule has 0 spiro atoms. The highest BCUT2D eigenvalue weighted by molar-refractivity contribution is 7.98. The quantitative estimate of drug-likeness (QED) is 0.585. The van der Waals surface area contributed by atoms with E-state index in [0.717, 1.165) is 10.5 Å². The number of carbonyl (C=O) groups excluding carboxylic acids is 1. The smallest absolute Gasteiger partial charge is 0.159 e. The minimum absolute atomic E-state index is 0.0573. The molecule has 2 aromatic rings. The van der Waals surface area contributed by atoms with Crippen molar-refractivity contribution in [2.24, 2.45) is 0 Å². The Labute approximate surface area is 120 Å². The Bertz CT molecular complexity index is 596. The molecular weight excluding hydrogens is 283 g/mol. The molecule has 0 saturated heterocycles. The topological polar surface area (TPSA) is 17.1 Å². The van der Waals surface area contributed by atoms with Crippen molar-refractivity contribution in [3.05, 3.63) is 64.4 Å². The Morgan fingerprint density at radius 1 is 1.21 bits per heavy atom. The Balaban J connectivity index is 2.01. The SMILES string of the molecule is CC(=O)c1ccc(SCc2ccc(F)c(Cl)c2)cc1. The molecule has 4 heteroatoms. The number of benzene rings is 2. The van der Waals surface area contributed by atoms with Crippen LogP contribution in [0.5, 0.6) is 0 Å². The normalized spacial score (nSPS) is 10.5. The first-order valence-corrected chi connectivity index (χ1v) is 7.10. The minimum Gasteiger partial charge on any atom is -0.295 e. The van der Waals surface area contributed by atoms with Crippen molar-refractivity contribution in [1.29, 1.82) is 0 Å². The van der Waals surface area contributed by atoms with E-state index in [0.29, 0.717) is 11.3 Å². The zero-order valence-electron chi connectivity index (χ0n) is 10.3. The molecule has 0 bridgehead atoms. The number of thioether (sulfide) groups is 1. The highest BCUT2D eigenvalue weighted by Crippen LogP contribution is 2.25. The molecule has 0 aliphatic rings. The third kappa shape index (κ3) is 3.82. The monoisotopic (exact) mass is 294 g/mol. The van der Waals surface area contributed by atoms with Crippen LogP contribution < -0.4 is 0 Å². The molecule has 19 heavy (non-hydrogen) atoms. The van der Waals surface area contributed by atoms with Crippen LogP contribution in [0.4, 0.5) is 4.39 Å². The van der Waals surface area contributed by atoms with Crippen LogP contribution in [0.25, 0.3) is 0 Å². The predicted molar refractivity (Wildman–Crippen MR) is 77.4 cm³/mol. The number of halogens is 2. The van der Waals surface area contributed by atoms with Crippen molar-refractivity contribution in [1.82, 2.24) is 0 Å². The van der Waals surface area contributed by atoms with Gasteiger partial charge < -0.3 is 0 Å². The van der Waals surface area contributed by atoms with Crippen LogP contribution in [-0.2, 0) is 5.75 Å². The van der Waals surface area contributed by atoms with E-state index < -0.39 is 5.82 Å². The van der Waals surface area contributed by atoms with Crippen LogP contribution in [0.15, 0.2) is 47.4 Å². The van der Waals surface area contributed by atoms with E-state index in [1.165, 1.54) is 6.07 Å². The Morgan fingerprint density at radius 2 is 1.89 bits per heavy atom. The maximum Gasteiger partial charge on any atom is 0.159 e. The van der Waals surface area contributed by atoms with Crippen LogP contribution in [0, 0.1) is 5.82 Å². The van der Waals surface area contributed by atoms with Gasteiger partial charge in [0.25, 0.3) is 0 Å². The maximum absolute atomic E-state index is 13.0. The summed E-state index contributed by atoms with van der Waals surface area (Å²) in [5, 5.41) is 0.144. The second-order valence-electron chi connectivity index (χ2n) is 4.12. The van der Waals surface area contributed by atoms with Crippen LogP contribution in [-0.4, -0.2) is 5.78 Å². The van der Waals surface area contributed by atoms with Crippen LogP contribution in [0.3, 0.4) is 0 Å². The molecule has 0 aliphatic carbocycles. The standard InChI is InChI=1S/C15H12ClFOS/c1-10(18)12-3-5-13(6-4-12)19-9-11-2-7-15(17)14(16)8-11/h2-8H,9H2,1H3. The Morgan fingerprint density at radius 3 is 2.47 bits per heavy atom. The number of carbonyl (C=O) groups is 1. The summed E-state index contributed by atoms with van der Waals surface area (Å²) in [4.78, 5) is 12.2. The lowest BCUT2D eigenvalue weighted by Gasteiger charge is -2.04. The van der Waals surface area contributed by atoms with Gasteiger partial charge in [-0.15, -0.1) is 11.8 Å². The largest absolute Gasteiger partial charge is 0.295 e. The van der Waals surface area contributed by atoms with Crippen LogP contribution in [0.2, 0.25) is 5.02 Å². The molecule has 0 amide bonds. The molecule has 2 aromatic carbocycles. The van der Waals surface area contributed by atoms with Crippen LogP contribution in [0.1, 0.15) is 22.8 Å². The van der Waals surface area contributed by atoms with Crippen molar-refractivity contribution in [3.63, 3.8) is 0 Å². The first kappa shape index (κ1) is 14.1. The maximum atomic E-state index is 13.0. The Hall–Kier alpha value is -1.32. The van der Waals surface area contributed by atoms with Gasteiger partial charge in [0.1, 0.15) is 5.82 Å². The van der Waals surface area contributed by atoms with E-state index >= 15 is 0 Å². The summed E-state index contributed by atoms with van der Waals surface area (Å²) >= 11 is 7.35. The number of hydrogen-bond donors (Lipinski definition) is 0. The second-order valence-corrected chi connectivity index (χ2v) is 5.57. The first-order chi connectivity index (χ1) is 9.06. The van der Waals surface area contributed by atoms with Gasteiger partial charge in [0.15, 0.2) is 5.78 Å². The summed E-state index contributed by atoms with van der Waals surface area (Å²) < 4.78 is 13.0. The molecule has 2 rings (SSSR count). The molecule has 0 aliphatic heterocycles. The third-order valence-electron chi connectivity index (χ3n) is 2.65. The molecule has 0 unspecified atom stereocenters. The third-order valence-corrected chi connectivity index (χ3v) is 4.02. The molecule has 1 nitrogen and oxygen atoms in total. The molecule has 0 saturated carbocycles. The summed E-state index contributed by atoms with van der Waals surface area (Å²) in [6.07, 6.45) is 0. The van der Waals surface area contributed by atoms with Crippen LogP contribution >= 0.6 is 23.4 Å². The summed E-state index contributed by atoms with van der Waals surface area (Å²) in [5.41, 5.74) is 1.67. The molecule has 0 radical (unpaired) electrons. The summed E-state index contributed by atoms with van der Waals surface area (Å²) in [6.45, 7) is 1.54. The predicted octanol–water partition coefficient (Wildman–Crippen LogP) is 4.97. The first-order valence-electron chi connectivity index (χ1n) is 5.74. The molecular formula is C15H12ClFOS. The van der Waals surface area contributed by atoms with E-state index in [4.69, 9.17) is 11.6 Å². The zero-order valence-corrected chi connectivity index (χ0v) is 11.9. The fourth-order valence-electron chi connectivity index (χ4n) is 1.58. The van der Waals surface area contributed by atoms with E-state index in [2.05, 4.69) is 0 Å². The molecule has 0 fully saturated rings. The van der Waals surface area contributed by atoms with Gasteiger partial charge in [-0.25, -0.2) is 4.39 Å². The van der Waals surface area contributed by atoms with E-state index in [1.807, 2.05) is 24.3 Å². The number of hydrogen-bond acceptors (Lipinski definition) is 2. The molecule has 0 heterocycles. The van der Waals surface area contributed by atoms with Crippen molar-refractivity contribution in [3.8, 4) is 0 Å². The number of ketones is 1. The molecule has 0 atom stereocenters. The average Bonchev–Trinajstić information content (AvgIpc) is 2.40.